The van der Waals surface area contributed by atoms with Gasteiger partial charge in [-0.15, -0.1) is 0 Å². The molecule has 1 saturated heterocycles. The van der Waals surface area contributed by atoms with Crippen LogP contribution in [0.5, 0.6) is 0 Å². The number of imide groups is 1. The zero-order valence-corrected chi connectivity index (χ0v) is 9.48. The van der Waals surface area contributed by atoms with Crippen molar-refractivity contribution in [1.29, 1.82) is 0 Å². The van der Waals surface area contributed by atoms with Crippen molar-refractivity contribution >= 4 is 17.7 Å². The Bertz CT molecular complexity index is 399. The van der Waals surface area contributed by atoms with Crippen molar-refractivity contribution in [2.45, 2.75) is 12.8 Å². The molecule has 0 saturated carbocycles. The van der Waals surface area contributed by atoms with Crippen LogP contribution < -0.4 is 10.6 Å². The Labute approximate surface area is 99.8 Å². The molecule has 1 aliphatic rings. The van der Waals surface area contributed by atoms with Crippen LogP contribution in [-0.4, -0.2) is 30.1 Å². The van der Waals surface area contributed by atoms with Gasteiger partial charge in [0.2, 0.25) is 0 Å². The summed E-state index contributed by atoms with van der Waals surface area (Å²) in [6, 6.07) is 8.21. The van der Waals surface area contributed by atoms with Crippen LogP contribution in [-0.2, 0) is 0 Å². The van der Waals surface area contributed by atoms with Crippen molar-refractivity contribution in [1.82, 2.24) is 10.2 Å². The van der Waals surface area contributed by atoms with E-state index in [1.54, 1.807) is 17.0 Å². The van der Waals surface area contributed by atoms with Gasteiger partial charge < -0.3 is 10.2 Å². The van der Waals surface area contributed by atoms with Crippen LogP contribution in [0.3, 0.4) is 0 Å². The zero-order valence-electron chi connectivity index (χ0n) is 9.48. The minimum atomic E-state index is -0.492. The van der Waals surface area contributed by atoms with Gasteiger partial charge in [0.25, 0.3) is 0 Å². The summed E-state index contributed by atoms with van der Waals surface area (Å²) in [5.41, 5.74) is 0.666. The first-order valence-corrected chi connectivity index (χ1v) is 5.67. The monoisotopic (exact) mass is 233 g/mol. The molecule has 2 N–H and O–H groups in total. The molecule has 1 aliphatic heterocycles. The number of nitrogens with zero attached hydrogens (tertiary/aromatic N) is 1. The van der Waals surface area contributed by atoms with E-state index in [0.29, 0.717) is 5.69 Å². The summed E-state index contributed by atoms with van der Waals surface area (Å²) in [5, 5.41) is 4.91. The van der Waals surface area contributed by atoms with Crippen LogP contribution in [0.4, 0.5) is 15.3 Å². The van der Waals surface area contributed by atoms with E-state index in [4.69, 9.17) is 0 Å². The second-order valence-corrected chi connectivity index (χ2v) is 3.94. The van der Waals surface area contributed by atoms with E-state index in [2.05, 4.69) is 10.6 Å². The first-order valence-electron chi connectivity index (χ1n) is 5.67. The number of hydrogen-bond donors (Lipinski definition) is 2. The summed E-state index contributed by atoms with van der Waals surface area (Å²) in [7, 11) is 0. The third-order valence-electron chi connectivity index (χ3n) is 2.65. The summed E-state index contributed by atoms with van der Waals surface area (Å²) in [5.74, 6) is 0. The summed E-state index contributed by atoms with van der Waals surface area (Å²) >= 11 is 0. The number of carbonyl (C=O) groups is 2. The van der Waals surface area contributed by atoms with Crippen molar-refractivity contribution in [2.75, 3.05) is 18.4 Å². The Kier molecular flexibility index (Phi) is 3.59. The van der Waals surface area contributed by atoms with Gasteiger partial charge in [-0.1, -0.05) is 18.2 Å². The van der Waals surface area contributed by atoms with E-state index in [9.17, 15) is 9.59 Å². The second-order valence-electron chi connectivity index (χ2n) is 3.94. The highest BCUT2D eigenvalue weighted by atomic mass is 16.2. The van der Waals surface area contributed by atoms with Gasteiger partial charge in [-0.3, -0.25) is 5.32 Å². The van der Waals surface area contributed by atoms with E-state index in [-0.39, 0.29) is 6.03 Å². The predicted molar refractivity (Wildman–Crippen MR) is 64.8 cm³/mol. The average molecular weight is 233 g/mol. The average Bonchev–Trinajstić information content (AvgIpc) is 2.83. The third kappa shape index (κ3) is 3.21. The molecule has 1 heterocycles. The fraction of sp³-hybridized carbons (Fsp3) is 0.333. The Morgan fingerprint density at radius 2 is 1.71 bits per heavy atom. The highest BCUT2D eigenvalue weighted by Gasteiger charge is 2.19. The smallest absolute Gasteiger partial charge is 0.324 e. The Morgan fingerprint density at radius 3 is 2.35 bits per heavy atom. The van der Waals surface area contributed by atoms with Crippen LogP contribution in [0.2, 0.25) is 0 Å². The molecule has 1 fully saturated rings. The molecule has 4 amide bonds. The summed E-state index contributed by atoms with van der Waals surface area (Å²) < 4.78 is 0. The van der Waals surface area contributed by atoms with Crippen LogP contribution in [0.1, 0.15) is 12.8 Å². The van der Waals surface area contributed by atoms with Crippen molar-refractivity contribution in [2.24, 2.45) is 0 Å². The lowest BCUT2D eigenvalue weighted by molar-refractivity contribution is 0.207. The summed E-state index contributed by atoms with van der Waals surface area (Å²) in [6.07, 6.45) is 2.02. The first-order chi connectivity index (χ1) is 8.25. The lowest BCUT2D eigenvalue weighted by Crippen LogP contribution is -2.43. The van der Waals surface area contributed by atoms with Crippen LogP contribution in [0.25, 0.3) is 0 Å². The molecule has 0 aromatic heterocycles. The molecule has 0 atom stereocenters. The number of likely N-dealkylation sites (tertiary alicyclic amines) is 1. The highest BCUT2D eigenvalue weighted by molar-refractivity contribution is 6.00. The maximum Gasteiger partial charge on any atom is 0.327 e. The number of anilines is 1. The molecule has 17 heavy (non-hydrogen) atoms. The predicted octanol–water partition coefficient (Wildman–Crippen LogP) is 2.02. The minimum Gasteiger partial charge on any atom is -0.324 e. The molecule has 5 heteroatoms. The molecule has 0 radical (unpaired) electrons. The largest absolute Gasteiger partial charge is 0.327 e. The molecule has 0 spiro atoms. The molecule has 90 valence electrons. The fourth-order valence-electron chi connectivity index (χ4n) is 1.78. The number of nitrogens with one attached hydrogen (secondary N) is 2. The van der Waals surface area contributed by atoms with E-state index in [1.807, 2.05) is 18.2 Å². The quantitative estimate of drug-likeness (QED) is 0.779. The van der Waals surface area contributed by atoms with Crippen LogP contribution in [0.15, 0.2) is 30.3 Å². The molecule has 1 aromatic rings. The normalized spacial score (nSPS) is 14.5. The molecular formula is C12H15N3O2. The number of urea groups is 2. The molecular weight excluding hydrogens is 218 g/mol. The zero-order chi connectivity index (χ0) is 12.1. The van der Waals surface area contributed by atoms with E-state index < -0.39 is 6.03 Å². The number of hydrogen-bond acceptors (Lipinski definition) is 2. The van der Waals surface area contributed by atoms with E-state index in [1.165, 1.54) is 0 Å². The summed E-state index contributed by atoms with van der Waals surface area (Å²) in [6.45, 7) is 1.45. The maximum absolute atomic E-state index is 11.6. The van der Waals surface area contributed by atoms with Gasteiger partial charge in [-0.25, -0.2) is 9.59 Å². The van der Waals surface area contributed by atoms with Gasteiger partial charge in [-0.2, -0.15) is 0 Å². The second kappa shape index (κ2) is 5.34. The third-order valence-corrected chi connectivity index (χ3v) is 2.65. The number of para-hydroxylation sites is 1. The minimum absolute atomic E-state index is 0.323. The molecule has 5 nitrogen and oxygen atoms in total. The maximum atomic E-state index is 11.6. The first kappa shape index (κ1) is 11.4. The van der Waals surface area contributed by atoms with Crippen molar-refractivity contribution in [3.63, 3.8) is 0 Å². The Balaban J connectivity index is 1.83. The van der Waals surface area contributed by atoms with E-state index in [0.717, 1.165) is 25.9 Å². The van der Waals surface area contributed by atoms with Gasteiger partial charge in [0.05, 0.1) is 0 Å². The Morgan fingerprint density at radius 1 is 1.06 bits per heavy atom. The van der Waals surface area contributed by atoms with Crippen LogP contribution in [0, 0.1) is 0 Å². The molecule has 1 aromatic carbocycles. The lowest BCUT2D eigenvalue weighted by atomic mass is 10.3. The topological polar surface area (TPSA) is 61.4 Å². The van der Waals surface area contributed by atoms with Crippen molar-refractivity contribution < 1.29 is 9.59 Å². The number of carbonyl (C=O) groups excluding carboxylic acids is 2. The van der Waals surface area contributed by atoms with E-state index >= 15 is 0 Å². The Hall–Kier alpha value is -2.04. The van der Waals surface area contributed by atoms with Gasteiger partial charge >= 0.3 is 12.1 Å². The van der Waals surface area contributed by atoms with Crippen molar-refractivity contribution in [3.8, 4) is 0 Å². The van der Waals surface area contributed by atoms with Gasteiger partial charge in [0, 0.05) is 18.8 Å². The summed E-state index contributed by atoms with van der Waals surface area (Å²) in [4.78, 5) is 24.8. The van der Waals surface area contributed by atoms with Crippen LogP contribution >= 0.6 is 0 Å². The van der Waals surface area contributed by atoms with Crippen molar-refractivity contribution in [3.05, 3.63) is 30.3 Å². The number of amides is 4. The standard InChI is InChI=1S/C12H15N3O2/c16-11(13-10-6-2-1-3-7-10)14-12(17)15-8-4-5-9-15/h1-3,6-7H,4-5,8-9H2,(H2,13,14,16,17). The van der Waals surface area contributed by atoms with Gasteiger partial charge in [0.15, 0.2) is 0 Å². The SMILES string of the molecule is O=C(NC(=O)N1CCCC1)Nc1ccccc1. The van der Waals surface area contributed by atoms with Gasteiger partial charge in [-0.05, 0) is 25.0 Å². The molecule has 0 bridgehead atoms. The lowest BCUT2D eigenvalue weighted by Gasteiger charge is -2.15. The number of benzene rings is 1. The fourth-order valence-corrected chi connectivity index (χ4v) is 1.78. The number of rotatable bonds is 1. The molecule has 2 rings (SSSR count). The molecule has 0 aliphatic carbocycles. The highest BCUT2D eigenvalue weighted by Crippen LogP contribution is 2.07. The van der Waals surface area contributed by atoms with Gasteiger partial charge in [0.1, 0.15) is 0 Å². The molecule has 0 unspecified atom stereocenters.